The predicted octanol–water partition coefficient (Wildman–Crippen LogP) is 3.19. The van der Waals surface area contributed by atoms with Crippen LogP contribution in [0.1, 0.15) is 30.0 Å². The molecule has 7 nitrogen and oxygen atoms in total. The number of aliphatic hydroxyl groups is 1. The highest BCUT2D eigenvalue weighted by Gasteiger charge is 2.45. The van der Waals surface area contributed by atoms with E-state index in [1.54, 1.807) is 17.6 Å². The van der Waals surface area contributed by atoms with Crippen LogP contribution in [0, 0.1) is 0 Å². The van der Waals surface area contributed by atoms with E-state index in [4.69, 9.17) is 15.5 Å². The van der Waals surface area contributed by atoms with Crippen molar-refractivity contribution < 1.29 is 14.6 Å². The number of nitrogens with zero attached hydrogens (tertiary/aromatic N) is 2. The fraction of sp³-hybridized carbons (Fsp3) is 0.250. The first-order valence-corrected chi connectivity index (χ1v) is 10.6. The Bertz CT molecular complexity index is 1320. The van der Waals surface area contributed by atoms with Crippen LogP contribution in [0.25, 0.3) is 22.3 Å². The third kappa shape index (κ3) is 2.41. The van der Waals surface area contributed by atoms with Gasteiger partial charge in [0, 0.05) is 25.5 Å². The summed E-state index contributed by atoms with van der Waals surface area (Å²) in [5.74, 6) is -0.737. The number of hydrogen-bond donors (Lipinski definition) is 2. The first-order valence-electron chi connectivity index (χ1n) is 9.00. The molecular formula is C20H15Br2N3O4. The van der Waals surface area contributed by atoms with E-state index in [9.17, 15) is 14.7 Å². The van der Waals surface area contributed by atoms with Gasteiger partial charge in [0.2, 0.25) is 0 Å². The Morgan fingerprint density at radius 2 is 2.03 bits per heavy atom. The highest BCUT2D eigenvalue weighted by Crippen LogP contribution is 2.41. The van der Waals surface area contributed by atoms with Crippen molar-refractivity contribution in [2.45, 2.75) is 32.1 Å². The van der Waals surface area contributed by atoms with E-state index in [0.717, 1.165) is 15.4 Å². The summed E-state index contributed by atoms with van der Waals surface area (Å²) in [6.45, 7) is 1.88. The standard InChI is InChI=1S/C20H15Br2N3O4/c1-2-20(28)11-4-14-16-8(6-25(14)18(26)10(11)7-29-19(20)27)3-9-12(21)5-13(22)15(23)17(9)24-16/h3-5,28H,2,6-7,23H2,1H3/t20-/m0/s1. The Hall–Kier alpha value is -2.23. The number of nitrogens with two attached hydrogens (primary N) is 1. The van der Waals surface area contributed by atoms with Gasteiger partial charge in [-0.25, -0.2) is 9.78 Å². The second-order valence-corrected chi connectivity index (χ2v) is 8.96. The molecule has 0 saturated heterocycles. The van der Waals surface area contributed by atoms with Crippen LogP contribution in [0.4, 0.5) is 5.69 Å². The van der Waals surface area contributed by atoms with Gasteiger partial charge >= 0.3 is 5.97 Å². The molecule has 1 atom stereocenters. The third-order valence-electron chi connectivity index (χ3n) is 5.74. The number of rotatable bonds is 1. The Morgan fingerprint density at radius 3 is 2.76 bits per heavy atom. The van der Waals surface area contributed by atoms with Crippen LogP contribution in [0.2, 0.25) is 0 Å². The summed E-state index contributed by atoms with van der Waals surface area (Å²) < 4.78 is 8.25. The number of cyclic esters (lactones) is 1. The molecule has 4 heterocycles. The van der Waals surface area contributed by atoms with Gasteiger partial charge in [-0.3, -0.25) is 4.79 Å². The topological polar surface area (TPSA) is 107 Å². The molecule has 0 aliphatic carbocycles. The lowest BCUT2D eigenvalue weighted by atomic mass is 9.86. The molecule has 0 radical (unpaired) electrons. The molecular weight excluding hydrogens is 506 g/mol. The van der Waals surface area contributed by atoms with E-state index in [1.807, 2.05) is 12.1 Å². The zero-order valence-corrected chi connectivity index (χ0v) is 18.4. The number of nitrogen functional groups attached to an aromatic ring is 1. The van der Waals surface area contributed by atoms with Crippen LogP contribution in [-0.2, 0) is 28.3 Å². The third-order valence-corrected chi connectivity index (χ3v) is 7.05. The lowest BCUT2D eigenvalue weighted by Gasteiger charge is -2.31. The van der Waals surface area contributed by atoms with Gasteiger partial charge in [-0.15, -0.1) is 0 Å². The molecule has 148 valence electrons. The van der Waals surface area contributed by atoms with Gasteiger partial charge in [0.15, 0.2) is 5.60 Å². The highest BCUT2D eigenvalue weighted by atomic mass is 79.9. The van der Waals surface area contributed by atoms with Gasteiger partial charge in [-0.1, -0.05) is 22.9 Å². The number of pyridine rings is 2. The van der Waals surface area contributed by atoms with Crippen molar-refractivity contribution in [1.29, 1.82) is 0 Å². The molecule has 5 rings (SSSR count). The smallest absolute Gasteiger partial charge is 0.343 e. The van der Waals surface area contributed by atoms with Crippen molar-refractivity contribution >= 4 is 54.4 Å². The molecule has 0 bridgehead atoms. The number of ether oxygens (including phenoxy) is 1. The Morgan fingerprint density at radius 1 is 1.28 bits per heavy atom. The van der Waals surface area contributed by atoms with Gasteiger partial charge in [-0.05, 0) is 40.5 Å². The van der Waals surface area contributed by atoms with E-state index in [1.165, 1.54) is 0 Å². The van der Waals surface area contributed by atoms with Crippen LogP contribution < -0.4 is 11.3 Å². The van der Waals surface area contributed by atoms with E-state index in [2.05, 4.69) is 31.9 Å². The van der Waals surface area contributed by atoms with Crippen molar-refractivity contribution in [1.82, 2.24) is 9.55 Å². The highest BCUT2D eigenvalue weighted by molar-refractivity contribution is 9.11. The summed E-state index contributed by atoms with van der Waals surface area (Å²) in [7, 11) is 0. The van der Waals surface area contributed by atoms with Crippen molar-refractivity contribution in [3.05, 3.63) is 54.2 Å². The summed E-state index contributed by atoms with van der Waals surface area (Å²) in [6, 6.07) is 5.52. The molecule has 1 aromatic carbocycles. The molecule has 3 N–H and O–H groups in total. The molecule has 0 spiro atoms. The SMILES string of the molecule is CC[C@@]1(O)C(=O)OCc2c1cc1n(c2=O)Cc2cc3c(Br)cc(Br)c(N)c3nc2-1. The predicted molar refractivity (Wildman–Crippen MR) is 114 cm³/mol. The Kier molecular flexibility index (Phi) is 3.97. The van der Waals surface area contributed by atoms with Crippen LogP contribution >= 0.6 is 31.9 Å². The number of esters is 1. The minimum absolute atomic E-state index is 0.104. The van der Waals surface area contributed by atoms with Crippen molar-refractivity contribution in [3.63, 3.8) is 0 Å². The molecule has 3 aromatic rings. The maximum Gasteiger partial charge on any atom is 0.343 e. The number of fused-ring (bicyclic) bond motifs is 5. The van der Waals surface area contributed by atoms with Crippen molar-refractivity contribution in [2.75, 3.05) is 5.73 Å². The molecule has 0 amide bonds. The van der Waals surface area contributed by atoms with E-state index in [-0.39, 0.29) is 18.6 Å². The first-order chi connectivity index (χ1) is 13.8. The monoisotopic (exact) mass is 519 g/mol. The summed E-state index contributed by atoms with van der Waals surface area (Å²) in [4.78, 5) is 30.2. The molecule has 9 heteroatoms. The van der Waals surface area contributed by atoms with Crippen LogP contribution in [-0.4, -0.2) is 20.6 Å². The number of carbonyl (C=O) groups is 1. The number of halogens is 2. The van der Waals surface area contributed by atoms with Crippen molar-refractivity contribution in [2.24, 2.45) is 0 Å². The molecule has 0 saturated carbocycles. The van der Waals surface area contributed by atoms with Crippen LogP contribution in [0.3, 0.4) is 0 Å². The summed E-state index contributed by atoms with van der Waals surface area (Å²) >= 11 is 6.98. The maximum atomic E-state index is 13.2. The summed E-state index contributed by atoms with van der Waals surface area (Å²) in [5, 5.41) is 11.8. The van der Waals surface area contributed by atoms with Crippen LogP contribution in [0.15, 0.2) is 31.9 Å². The van der Waals surface area contributed by atoms with Gasteiger partial charge in [-0.2, -0.15) is 0 Å². The lowest BCUT2D eigenvalue weighted by molar-refractivity contribution is -0.172. The number of carbonyl (C=O) groups excluding carboxylic acids is 1. The average Bonchev–Trinajstić information content (AvgIpc) is 3.06. The minimum Gasteiger partial charge on any atom is -0.458 e. The lowest BCUT2D eigenvalue weighted by Crippen LogP contribution is -2.44. The normalized spacial score (nSPS) is 19.7. The number of aromatic nitrogens is 2. The number of benzene rings is 1. The van der Waals surface area contributed by atoms with Gasteiger partial charge < -0.3 is 20.1 Å². The van der Waals surface area contributed by atoms with Gasteiger partial charge in [0.05, 0.1) is 34.7 Å². The zero-order valence-electron chi connectivity index (χ0n) is 15.3. The van der Waals surface area contributed by atoms with Crippen molar-refractivity contribution in [3.8, 4) is 11.4 Å². The van der Waals surface area contributed by atoms with E-state index < -0.39 is 11.6 Å². The fourth-order valence-electron chi connectivity index (χ4n) is 4.09. The zero-order chi connectivity index (χ0) is 20.7. The second-order valence-electron chi connectivity index (χ2n) is 7.25. The molecule has 0 fully saturated rings. The summed E-state index contributed by atoms with van der Waals surface area (Å²) in [5.41, 5.74) is 7.85. The largest absolute Gasteiger partial charge is 0.458 e. The molecule has 2 aromatic heterocycles. The Labute approximate surface area is 181 Å². The number of anilines is 1. The van der Waals surface area contributed by atoms with Crippen LogP contribution in [0.5, 0.6) is 0 Å². The first kappa shape index (κ1) is 18.8. The molecule has 29 heavy (non-hydrogen) atoms. The quantitative estimate of drug-likeness (QED) is 0.295. The van der Waals surface area contributed by atoms with Gasteiger partial charge in [0.1, 0.15) is 6.61 Å². The maximum absolute atomic E-state index is 13.2. The molecule has 2 aliphatic rings. The van der Waals surface area contributed by atoms with Gasteiger partial charge in [0.25, 0.3) is 5.56 Å². The average molecular weight is 521 g/mol. The number of hydrogen-bond acceptors (Lipinski definition) is 6. The second kappa shape index (κ2) is 6.13. The molecule has 2 aliphatic heterocycles. The molecule has 0 unspecified atom stereocenters. The van der Waals surface area contributed by atoms with E-state index >= 15 is 0 Å². The summed E-state index contributed by atoms with van der Waals surface area (Å²) in [6.07, 6.45) is 0.104. The van der Waals surface area contributed by atoms with E-state index in [0.29, 0.717) is 44.7 Å². The fourth-order valence-corrected chi connectivity index (χ4v) is 5.34. The Balaban J connectivity index is 1.83. The minimum atomic E-state index is -1.84.